The molecule has 0 aliphatic heterocycles. The van der Waals surface area contributed by atoms with E-state index in [1.54, 1.807) is 12.1 Å². The maximum atomic E-state index is 12.3. The van der Waals surface area contributed by atoms with Gasteiger partial charge in [0.1, 0.15) is 0 Å². The Morgan fingerprint density at radius 3 is 2.20 bits per heavy atom. The zero-order valence-electron chi connectivity index (χ0n) is 11.1. The van der Waals surface area contributed by atoms with Gasteiger partial charge in [0, 0.05) is 14.6 Å². The van der Waals surface area contributed by atoms with Crippen LogP contribution < -0.4 is 11.1 Å². The average molecular weight is 398 g/mol. The molecule has 0 spiro atoms. The zero-order valence-corrected chi connectivity index (χ0v) is 14.3. The highest BCUT2D eigenvalue weighted by molar-refractivity contribution is 9.11. The minimum Gasteiger partial charge on any atom is -0.398 e. The molecule has 20 heavy (non-hydrogen) atoms. The van der Waals surface area contributed by atoms with E-state index in [2.05, 4.69) is 37.2 Å². The Balaban J connectivity index is 2.33. The fourth-order valence-corrected chi connectivity index (χ4v) is 3.50. The molecule has 3 N–H and O–H groups in total. The summed E-state index contributed by atoms with van der Waals surface area (Å²) in [5.74, 6) is -0.229. The molecule has 104 valence electrons. The molecule has 0 fully saturated rings. The third-order valence-electron chi connectivity index (χ3n) is 2.88. The molecule has 2 aromatic rings. The van der Waals surface area contributed by atoms with Crippen molar-refractivity contribution < 1.29 is 4.79 Å². The number of nitrogens with one attached hydrogen (secondary N) is 1. The number of amides is 1. The second-order valence-corrected chi connectivity index (χ2v) is 6.36. The minimum absolute atomic E-state index is 0.229. The van der Waals surface area contributed by atoms with E-state index in [4.69, 9.17) is 5.73 Å². The van der Waals surface area contributed by atoms with Crippen LogP contribution in [-0.2, 0) is 0 Å². The summed E-state index contributed by atoms with van der Waals surface area (Å²) in [7, 11) is 0. The van der Waals surface area contributed by atoms with Gasteiger partial charge >= 0.3 is 0 Å². The summed E-state index contributed by atoms with van der Waals surface area (Å²) in [5, 5.41) is 2.87. The summed E-state index contributed by atoms with van der Waals surface area (Å²) in [6.45, 7) is 3.92. The smallest absolute Gasteiger partial charge is 0.257 e. The van der Waals surface area contributed by atoms with Gasteiger partial charge in [-0.05, 0) is 81.1 Å². The molecule has 0 aliphatic carbocycles. The van der Waals surface area contributed by atoms with Crippen molar-refractivity contribution in [2.45, 2.75) is 13.8 Å². The molecule has 0 aliphatic rings. The molecule has 0 saturated heterocycles. The van der Waals surface area contributed by atoms with E-state index in [0.29, 0.717) is 16.9 Å². The number of anilines is 2. The summed E-state index contributed by atoms with van der Waals surface area (Å²) in [4.78, 5) is 12.3. The lowest BCUT2D eigenvalue weighted by Gasteiger charge is -2.12. The number of aryl methyl sites for hydroxylation is 2. The van der Waals surface area contributed by atoms with Gasteiger partial charge in [-0.1, -0.05) is 6.07 Å². The second kappa shape index (κ2) is 5.97. The summed E-state index contributed by atoms with van der Waals surface area (Å²) < 4.78 is 1.65. The van der Waals surface area contributed by atoms with E-state index in [1.807, 2.05) is 32.0 Å². The summed E-state index contributed by atoms with van der Waals surface area (Å²) in [5.41, 5.74) is 9.65. The van der Waals surface area contributed by atoms with Gasteiger partial charge in [0.2, 0.25) is 0 Å². The number of carbonyl (C=O) groups excluding carboxylic acids is 1. The Hall–Kier alpha value is -1.33. The lowest BCUT2D eigenvalue weighted by Crippen LogP contribution is -2.15. The molecular weight excluding hydrogens is 384 g/mol. The molecule has 1 amide bonds. The number of halogens is 2. The third kappa shape index (κ3) is 3.22. The molecule has 0 radical (unpaired) electrons. The van der Waals surface area contributed by atoms with Crippen LogP contribution in [0, 0.1) is 13.8 Å². The highest BCUT2D eigenvalue weighted by Crippen LogP contribution is 2.33. The first-order chi connectivity index (χ1) is 9.38. The van der Waals surface area contributed by atoms with Crippen molar-refractivity contribution in [2.75, 3.05) is 11.1 Å². The largest absolute Gasteiger partial charge is 0.398 e. The molecule has 0 atom stereocenters. The second-order valence-electron chi connectivity index (χ2n) is 4.65. The number of rotatable bonds is 2. The van der Waals surface area contributed by atoms with Crippen molar-refractivity contribution in [3.8, 4) is 0 Å². The van der Waals surface area contributed by atoms with E-state index < -0.39 is 0 Å². The number of benzene rings is 2. The SMILES string of the molecule is Cc1ccc(C(=O)Nc2c(Br)cc(C)cc2Br)c(N)c1. The van der Waals surface area contributed by atoms with Crippen LogP contribution in [0.25, 0.3) is 0 Å². The van der Waals surface area contributed by atoms with Gasteiger partial charge in [0.25, 0.3) is 5.91 Å². The topological polar surface area (TPSA) is 55.1 Å². The molecule has 0 heterocycles. The highest BCUT2D eigenvalue weighted by Gasteiger charge is 2.14. The number of nitrogens with two attached hydrogens (primary N) is 1. The molecule has 0 bridgehead atoms. The van der Waals surface area contributed by atoms with Gasteiger partial charge in [0.15, 0.2) is 0 Å². The van der Waals surface area contributed by atoms with E-state index in [-0.39, 0.29) is 5.91 Å². The van der Waals surface area contributed by atoms with Crippen molar-refractivity contribution >= 4 is 49.1 Å². The molecular formula is C15H14Br2N2O. The Morgan fingerprint density at radius 2 is 1.65 bits per heavy atom. The minimum atomic E-state index is -0.229. The first kappa shape index (κ1) is 15.1. The summed E-state index contributed by atoms with van der Waals surface area (Å²) in [6.07, 6.45) is 0. The van der Waals surface area contributed by atoms with E-state index in [9.17, 15) is 4.79 Å². The quantitative estimate of drug-likeness (QED) is 0.723. The molecule has 0 aromatic heterocycles. The third-order valence-corrected chi connectivity index (χ3v) is 4.13. The van der Waals surface area contributed by atoms with Crippen LogP contribution in [0.5, 0.6) is 0 Å². The lowest BCUT2D eigenvalue weighted by molar-refractivity contribution is 0.102. The molecule has 0 saturated carbocycles. The molecule has 5 heteroatoms. The average Bonchev–Trinajstić information content (AvgIpc) is 2.33. The first-order valence-corrected chi connectivity index (χ1v) is 7.60. The number of carbonyl (C=O) groups is 1. The zero-order chi connectivity index (χ0) is 14.9. The van der Waals surface area contributed by atoms with Crippen LogP contribution >= 0.6 is 31.9 Å². The number of hydrogen-bond acceptors (Lipinski definition) is 2. The van der Waals surface area contributed by atoms with Crippen LogP contribution in [0.2, 0.25) is 0 Å². The standard InChI is InChI=1S/C15H14Br2N2O/c1-8-3-4-10(13(18)7-8)15(20)19-14-11(16)5-9(2)6-12(14)17/h3-7H,18H2,1-2H3,(H,19,20). The Morgan fingerprint density at radius 1 is 1.05 bits per heavy atom. The van der Waals surface area contributed by atoms with Crippen molar-refractivity contribution in [1.82, 2.24) is 0 Å². The fraction of sp³-hybridized carbons (Fsp3) is 0.133. The predicted octanol–water partition coefficient (Wildman–Crippen LogP) is 4.66. The molecule has 3 nitrogen and oxygen atoms in total. The molecule has 2 rings (SSSR count). The van der Waals surface area contributed by atoms with Crippen molar-refractivity contribution in [1.29, 1.82) is 0 Å². The van der Waals surface area contributed by atoms with Gasteiger partial charge in [-0.25, -0.2) is 0 Å². The van der Waals surface area contributed by atoms with Crippen LogP contribution in [0.15, 0.2) is 39.3 Å². The number of nitrogen functional groups attached to an aromatic ring is 1. The molecule has 2 aromatic carbocycles. The van der Waals surface area contributed by atoms with Crippen molar-refractivity contribution in [3.05, 3.63) is 56.0 Å². The van der Waals surface area contributed by atoms with Crippen LogP contribution in [0.1, 0.15) is 21.5 Å². The van der Waals surface area contributed by atoms with Gasteiger partial charge in [-0.3, -0.25) is 4.79 Å². The number of hydrogen-bond donors (Lipinski definition) is 2. The Kier molecular flexibility index (Phi) is 4.50. The highest BCUT2D eigenvalue weighted by atomic mass is 79.9. The Bertz CT molecular complexity index is 661. The van der Waals surface area contributed by atoms with Crippen molar-refractivity contribution in [3.63, 3.8) is 0 Å². The van der Waals surface area contributed by atoms with Crippen molar-refractivity contribution in [2.24, 2.45) is 0 Å². The maximum Gasteiger partial charge on any atom is 0.257 e. The van der Waals surface area contributed by atoms with Gasteiger partial charge in [-0.15, -0.1) is 0 Å². The maximum absolute atomic E-state index is 12.3. The van der Waals surface area contributed by atoms with Gasteiger partial charge < -0.3 is 11.1 Å². The lowest BCUT2D eigenvalue weighted by atomic mass is 10.1. The van der Waals surface area contributed by atoms with Crippen LogP contribution in [-0.4, -0.2) is 5.91 Å². The monoisotopic (exact) mass is 396 g/mol. The Labute approximate surface area is 134 Å². The van der Waals surface area contributed by atoms with E-state index in [0.717, 1.165) is 20.1 Å². The summed E-state index contributed by atoms with van der Waals surface area (Å²) in [6, 6.07) is 9.27. The van der Waals surface area contributed by atoms with E-state index >= 15 is 0 Å². The van der Waals surface area contributed by atoms with Gasteiger partial charge in [0.05, 0.1) is 11.3 Å². The summed E-state index contributed by atoms with van der Waals surface area (Å²) >= 11 is 6.91. The van der Waals surface area contributed by atoms with Gasteiger partial charge in [-0.2, -0.15) is 0 Å². The van der Waals surface area contributed by atoms with Crippen LogP contribution in [0.4, 0.5) is 11.4 Å². The fourth-order valence-electron chi connectivity index (χ4n) is 1.89. The van der Waals surface area contributed by atoms with Crippen LogP contribution in [0.3, 0.4) is 0 Å². The predicted molar refractivity (Wildman–Crippen MR) is 90.1 cm³/mol. The first-order valence-electron chi connectivity index (χ1n) is 6.01. The molecule has 0 unspecified atom stereocenters. The normalized spacial score (nSPS) is 10.4. The van der Waals surface area contributed by atoms with E-state index in [1.165, 1.54) is 0 Å².